The predicted molar refractivity (Wildman–Crippen MR) is 90.8 cm³/mol. The lowest BCUT2D eigenvalue weighted by Crippen LogP contribution is -2.51. The SMILES string of the molecule is C[C@@H](OC(=O)CCNC(=O)c1ccco1)C(=O)N1[C@@H](C)CCC[C@@H]1C. The predicted octanol–water partition coefficient (Wildman–Crippen LogP) is 2.12. The van der Waals surface area contributed by atoms with E-state index < -0.39 is 18.0 Å². The molecule has 0 aromatic carbocycles. The number of ether oxygens (including phenoxy) is 1. The number of carbonyl (C=O) groups is 3. The number of piperidine rings is 1. The molecule has 25 heavy (non-hydrogen) atoms. The molecule has 7 heteroatoms. The first-order valence-corrected chi connectivity index (χ1v) is 8.73. The van der Waals surface area contributed by atoms with Gasteiger partial charge in [-0.15, -0.1) is 0 Å². The average Bonchev–Trinajstić information content (AvgIpc) is 3.08. The maximum absolute atomic E-state index is 12.6. The molecule has 1 fully saturated rings. The van der Waals surface area contributed by atoms with Crippen LogP contribution in [-0.2, 0) is 14.3 Å². The maximum Gasteiger partial charge on any atom is 0.308 e. The second-order valence-electron chi connectivity index (χ2n) is 6.49. The molecule has 0 bridgehead atoms. The van der Waals surface area contributed by atoms with E-state index in [-0.39, 0.29) is 36.7 Å². The molecule has 0 aliphatic carbocycles. The third-order valence-corrected chi connectivity index (χ3v) is 4.46. The fraction of sp³-hybridized carbons (Fsp3) is 0.611. The molecule has 2 rings (SSSR count). The van der Waals surface area contributed by atoms with E-state index in [2.05, 4.69) is 5.32 Å². The molecule has 2 amide bonds. The Bertz CT molecular complexity index is 589. The number of esters is 1. The van der Waals surface area contributed by atoms with E-state index in [1.165, 1.54) is 12.3 Å². The van der Waals surface area contributed by atoms with Crippen LogP contribution in [0.2, 0.25) is 0 Å². The first kappa shape index (κ1) is 19.0. The molecule has 0 radical (unpaired) electrons. The van der Waals surface area contributed by atoms with Crippen LogP contribution in [0, 0.1) is 0 Å². The van der Waals surface area contributed by atoms with Gasteiger partial charge in [-0.25, -0.2) is 0 Å². The molecule has 1 N–H and O–H groups in total. The van der Waals surface area contributed by atoms with Gasteiger partial charge >= 0.3 is 5.97 Å². The molecular formula is C18H26N2O5. The van der Waals surface area contributed by atoms with Gasteiger partial charge in [0, 0.05) is 18.6 Å². The smallest absolute Gasteiger partial charge is 0.308 e. The number of likely N-dealkylation sites (tertiary alicyclic amines) is 1. The third kappa shape index (κ3) is 5.08. The van der Waals surface area contributed by atoms with Gasteiger partial charge in [-0.3, -0.25) is 14.4 Å². The summed E-state index contributed by atoms with van der Waals surface area (Å²) in [6.07, 6.45) is 3.62. The standard InChI is InChI=1S/C18H26N2O5/c1-12-6-4-7-13(2)20(12)18(23)14(3)25-16(21)9-10-19-17(22)15-8-5-11-24-15/h5,8,11-14H,4,6-7,9-10H2,1-3H3,(H,19,22)/t12-,13-,14+/m0/s1. The number of carbonyl (C=O) groups excluding carboxylic acids is 3. The summed E-state index contributed by atoms with van der Waals surface area (Å²) < 4.78 is 10.2. The summed E-state index contributed by atoms with van der Waals surface area (Å²) in [5.74, 6) is -0.881. The van der Waals surface area contributed by atoms with Gasteiger partial charge in [-0.05, 0) is 52.2 Å². The molecular weight excluding hydrogens is 324 g/mol. The summed E-state index contributed by atoms with van der Waals surface area (Å²) in [7, 11) is 0. The Morgan fingerprint density at radius 2 is 2.00 bits per heavy atom. The van der Waals surface area contributed by atoms with Crippen LogP contribution in [0.25, 0.3) is 0 Å². The van der Waals surface area contributed by atoms with Crippen LogP contribution in [0.4, 0.5) is 0 Å². The number of furan rings is 1. The third-order valence-electron chi connectivity index (χ3n) is 4.46. The maximum atomic E-state index is 12.6. The van der Waals surface area contributed by atoms with Gasteiger partial charge < -0.3 is 19.4 Å². The van der Waals surface area contributed by atoms with Crippen LogP contribution in [0.1, 0.15) is 57.0 Å². The highest BCUT2D eigenvalue weighted by atomic mass is 16.5. The van der Waals surface area contributed by atoms with E-state index in [0.717, 1.165) is 19.3 Å². The number of amides is 2. The molecule has 1 saturated heterocycles. The highest BCUT2D eigenvalue weighted by Gasteiger charge is 2.33. The van der Waals surface area contributed by atoms with Crippen LogP contribution in [0.5, 0.6) is 0 Å². The van der Waals surface area contributed by atoms with Crippen molar-refractivity contribution in [2.45, 2.75) is 64.6 Å². The first-order chi connectivity index (χ1) is 11.9. The zero-order chi connectivity index (χ0) is 18.4. The Labute approximate surface area is 147 Å². The molecule has 0 unspecified atom stereocenters. The fourth-order valence-corrected chi connectivity index (χ4v) is 3.15. The van der Waals surface area contributed by atoms with Crippen molar-refractivity contribution < 1.29 is 23.5 Å². The lowest BCUT2D eigenvalue weighted by molar-refractivity contribution is -0.162. The highest BCUT2D eigenvalue weighted by molar-refractivity contribution is 5.91. The highest BCUT2D eigenvalue weighted by Crippen LogP contribution is 2.23. The van der Waals surface area contributed by atoms with E-state index in [0.29, 0.717) is 0 Å². The molecule has 1 aliphatic rings. The minimum Gasteiger partial charge on any atom is -0.459 e. The van der Waals surface area contributed by atoms with Crippen molar-refractivity contribution in [3.05, 3.63) is 24.2 Å². The lowest BCUT2D eigenvalue weighted by atomic mass is 9.97. The molecule has 138 valence electrons. The minimum atomic E-state index is -0.823. The molecule has 0 spiro atoms. The molecule has 2 heterocycles. The Kier molecular flexibility index (Phi) is 6.61. The van der Waals surface area contributed by atoms with Gasteiger partial charge in [-0.1, -0.05) is 0 Å². The summed E-state index contributed by atoms with van der Waals surface area (Å²) >= 11 is 0. The van der Waals surface area contributed by atoms with Crippen molar-refractivity contribution in [1.82, 2.24) is 10.2 Å². The molecule has 7 nitrogen and oxygen atoms in total. The largest absolute Gasteiger partial charge is 0.459 e. The van der Waals surface area contributed by atoms with Gasteiger partial charge in [-0.2, -0.15) is 0 Å². The quantitative estimate of drug-likeness (QED) is 0.794. The van der Waals surface area contributed by atoms with Gasteiger partial charge in [0.2, 0.25) is 0 Å². The van der Waals surface area contributed by atoms with E-state index in [1.807, 2.05) is 18.7 Å². The van der Waals surface area contributed by atoms with Gasteiger partial charge in [0.05, 0.1) is 12.7 Å². The summed E-state index contributed by atoms with van der Waals surface area (Å²) in [6, 6.07) is 3.46. The summed E-state index contributed by atoms with van der Waals surface area (Å²) in [6.45, 7) is 5.75. The zero-order valence-electron chi connectivity index (χ0n) is 15.0. The zero-order valence-corrected chi connectivity index (χ0v) is 15.0. The number of nitrogens with one attached hydrogen (secondary N) is 1. The van der Waals surface area contributed by atoms with Gasteiger partial charge in [0.25, 0.3) is 11.8 Å². The van der Waals surface area contributed by atoms with Crippen LogP contribution in [0.3, 0.4) is 0 Å². The summed E-state index contributed by atoms with van der Waals surface area (Å²) in [4.78, 5) is 38.0. The number of nitrogens with zero attached hydrogens (tertiary/aromatic N) is 1. The van der Waals surface area contributed by atoms with Crippen molar-refractivity contribution in [1.29, 1.82) is 0 Å². The van der Waals surface area contributed by atoms with Crippen molar-refractivity contribution >= 4 is 17.8 Å². The molecule has 1 aromatic rings. The topological polar surface area (TPSA) is 88.8 Å². The lowest BCUT2D eigenvalue weighted by Gasteiger charge is -2.40. The number of hydrogen-bond donors (Lipinski definition) is 1. The van der Waals surface area contributed by atoms with Crippen LogP contribution in [0.15, 0.2) is 22.8 Å². The van der Waals surface area contributed by atoms with E-state index in [1.54, 1.807) is 13.0 Å². The average molecular weight is 350 g/mol. The minimum absolute atomic E-state index is 0.00479. The van der Waals surface area contributed by atoms with Crippen LogP contribution >= 0.6 is 0 Å². The van der Waals surface area contributed by atoms with Gasteiger partial charge in [0.15, 0.2) is 11.9 Å². The second-order valence-corrected chi connectivity index (χ2v) is 6.49. The van der Waals surface area contributed by atoms with Crippen LogP contribution < -0.4 is 5.32 Å². The Balaban J connectivity index is 1.75. The fourth-order valence-electron chi connectivity index (χ4n) is 3.15. The Morgan fingerprint density at radius 1 is 1.32 bits per heavy atom. The van der Waals surface area contributed by atoms with Gasteiger partial charge in [0.1, 0.15) is 0 Å². The monoisotopic (exact) mass is 350 g/mol. The van der Waals surface area contributed by atoms with E-state index in [9.17, 15) is 14.4 Å². The van der Waals surface area contributed by atoms with E-state index >= 15 is 0 Å². The van der Waals surface area contributed by atoms with E-state index in [4.69, 9.17) is 9.15 Å². The van der Waals surface area contributed by atoms with Crippen molar-refractivity contribution in [2.24, 2.45) is 0 Å². The Morgan fingerprint density at radius 3 is 2.60 bits per heavy atom. The normalized spacial score (nSPS) is 21.5. The Hall–Kier alpha value is -2.31. The van der Waals surface area contributed by atoms with Crippen molar-refractivity contribution in [2.75, 3.05) is 6.54 Å². The summed E-state index contributed by atoms with van der Waals surface area (Å²) in [5, 5.41) is 2.57. The first-order valence-electron chi connectivity index (χ1n) is 8.73. The molecule has 1 aromatic heterocycles. The number of hydrogen-bond acceptors (Lipinski definition) is 5. The molecule has 3 atom stereocenters. The number of rotatable bonds is 6. The molecule has 1 aliphatic heterocycles. The van der Waals surface area contributed by atoms with Crippen molar-refractivity contribution in [3.8, 4) is 0 Å². The van der Waals surface area contributed by atoms with Crippen molar-refractivity contribution in [3.63, 3.8) is 0 Å². The summed E-state index contributed by atoms with van der Waals surface area (Å²) in [5.41, 5.74) is 0. The molecule has 0 saturated carbocycles. The van der Waals surface area contributed by atoms with Crippen LogP contribution in [-0.4, -0.2) is 47.4 Å². The second kappa shape index (κ2) is 8.69.